The normalized spacial score (nSPS) is 32.4. The molecule has 2 heterocycles. The predicted molar refractivity (Wildman–Crippen MR) is 216 cm³/mol. The van der Waals surface area contributed by atoms with Crippen LogP contribution in [-0.4, -0.2) is 117 Å². The Labute approximate surface area is 336 Å². The second kappa shape index (κ2) is 23.5. The number of carbonyl (C=O) groups is 1. The second-order valence-electron chi connectivity index (χ2n) is 16.7. The van der Waals surface area contributed by atoms with Crippen molar-refractivity contribution in [1.82, 2.24) is 0 Å². The van der Waals surface area contributed by atoms with Gasteiger partial charge in [0.25, 0.3) is 0 Å². The Morgan fingerprint density at radius 2 is 1.57 bits per heavy atom. The van der Waals surface area contributed by atoms with Crippen LogP contribution in [0.15, 0.2) is 47.3 Å². The van der Waals surface area contributed by atoms with E-state index in [-0.39, 0.29) is 48.1 Å². The lowest BCUT2D eigenvalue weighted by Crippen LogP contribution is -2.53. The first kappa shape index (κ1) is 50.0. The van der Waals surface area contributed by atoms with Gasteiger partial charge in [-0.1, -0.05) is 77.0 Å². The molecule has 2 fully saturated rings. The molecule has 0 aromatic rings. The smallest absolute Gasteiger partial charge is 0.373 e. The number of ether oxygens (including phenoxy) is 5. The molecule has 0 saturated carbocycles. The number of rotatable bonds is 20. The van der Waals surface area contributed by atoms with Gasteiger partial charge >= 0.3 is 5.97 Å². The van der Waals surface area contributed by atoms with Crippen LogP contribution in [0.5, 0.6) is 0 Å². The summed E-state index contributed by atoms with van der Waals surface area (Å²) in [6, 6.07) is 0. The minimum atomic E-state index is -1.14. The molecule has 56 heavy (non-hydrogen) atoms. The van der Waals surface area contributed by atoms with Gasteiger partial charge in [0.15, 0.2) is 6.29 Å². The molecular formula is C44H76O12. The van der Waals surface area contributed by atoms with Crippen molar-refractivity contribution in [2.75, 3.05) is 7.11 Å². The molecule has 0 aliphatic carbocycles. The third-order valence-corrected chi connectivity index (χ3v) is 12.1. The zero-order chi connectivity index (χ0) is 42.6. The van der Waals surface area contributed by atoms with Crippen LogP contribution in [0.4, 0.5) is 0 Å². The molecule has 0 aromatic carbocycles. The Hall–Kier alpha value is -2.13. The second-order valence-corrected chi connectivity index (χ2v) is 16.7. The average Bonchev–Trinajstić information content (AvgIpc) is 3.15. The lowest BCUT2D eigenvalue weighted by molar-refractivity contribution is -0.280. The van der Waals surface area contributed by atoms with Gasteiger partial charge in [0.2, 0.25) is 5.76 Å². The molecule has 0 bridgehead atoms. The Morgan fingerprint density at radius 3 is 2.11 bits per heavy atom. The molecule has 2 saturated heterocycles. The van der Waals surface area contributed by atoms with E-state index in [9.17, 15) is 35.4 Å². The molecule has 12 nitrogen and oxygen atoms in total. The summed E-state index contributed by atoms with van der Waals surface area (Å²) in [5, 5.41) is 65.4. The molecule has 12 heteroatoms. The Bertz CT molecular complexity index is 1300. The molecule has 324 valence electrons. The van der Waals surface area contributed by atoms with Crippen molar-refractivity contribution < 1.29 is 59.1 Å². The van der Waals surface area contributed by atoms with Gasteiger partial charge in [0.1, 0.15) is 12.2 Å². The highest BCUT2D eigenvalue weighted by Crippen LogP contribution is 2.37. The molecule has 2 aliphatic heterocycles. The average molecular weight is 797 g/mol. The van der Waals surface area contributed by atoms with Crippen molar-refractivity contribution in [1.29, 1.82) is 0 Å². The van der Waals surface area contributed by atoms with E-state index in [2.05, 4.69) is 0 Å². The summed E-state index contributed by atoms with van der Waals surface area (Å²) in [5.74, 6) is -2.94. The molecule has 2 rings (SSSR count). The maximum Gasteiger partial charge on any atom is 0.373 e. The summed E-state index contributed by atoms with van der Waals surface area (Å²) in [6.45, 7) is 22.2. The van der Waals surface area contributed by atoms with E-state index in [1.54, 1.807) is 20.8 Å². The summed E-state index contributed by atoms with van der Waals surface area (Å²) in [4.78, 5) is 13.5. The molecule has 0 aromatic heterocycles. The largest absolute Gasteiger partial charge is 0.490 e. The first-order valence-corrected chi connectivity index (χ1v) is 20.7. The predicted octanol–water partition coefficient (Wildman–Crippen LogP) is 5.38. The zero-order valence-corrected chi connectivity index (χ0v) is 36.2. The fraction of sp³-hybridized carbons (Fsp3) is 0.795. The maximum absolute atomic E-state index is 13.5. The van der Waals surface area contributed by atoms with Crippen LogP contribution in [0.25, 0.3) is 0 Å². The van der Waals surface area contributed by atoms with Crippen molar-refractivity contribution in [3.63, 3.8) is 0 Å². The fourth-order valence-electron chi connectivity index (χ4n) is 8.20. The number of hydrogen-bond donors (Lipinski definition) is 6. The van der Waals surface area contributed by atoms with Gasteiger partial charge in [-0.3, -0.25) is 0 Å². The number of hydrogen-bond acceptors (Lipinski definition) is 12. The van der Waals surface area contributed by atoms with Gasteiger partial charge in [-0.2, -0.15) is 0 Å². The Kier molecular flexibility index (Phi) is 21.0. The van der Waals surface area contributed by atoms with E-state index in [0.29, 0.717) is 18.4 Å². The summed E-state index contributed by atoms with van der Waals surface area (Å²) in [7, 11) is 1.34. The highest BCUT2D eigenvalue weighted by Gasteiger charge is 2.45. The van der Waals surface area contributed by atoms with E-state index >= 15 is 0 Å². The van der Waals surface area contributed by atoms with Crippen LogP contribution >= 0.6 is 0 Å². The molecule has 6 N–H and O–H groups in total. The molecule has 0 amide bonds. The van der Waals surface area contributed by atoms with Gasteiger partial charge < -0.3 is 54.3 Å². The minimum absolute atomic E-state index is 0.0265. The summed E-state index contributed by atoms with van der Waals surface area (Å²) < 4.78 is 30.0. The van der Waals surface area contributed by atoms with Gasteiger partial charge in [0.05, 0.1) is 62.0 Å². The van der Waals surface area contributed by atoms with Gasteiger partial charge in [-0.05, 0) is 66.4 Å². The summed E-state index contributed by atoms with van der Waals surface area (Å²) in [5.41, 5.74) is 1.82. The number of carbonyl (C=O) groups excluding carboxylic acids is 1. The van der Waals surface area contributed by atoms with E-state index in [1.165, 1.54) is 25.7 Å². The van der Waals surface area contributed by atoms with Crippen molar-refractivity contribution in [3.05, 3.63) is 47.3 Å². The fourth-order valence-corrected chi connectivity index (χ4v) is 8.20. The number of esters is 1. The van der Waals surface area contributed by atoms with E-state index in [4.69, 9.17) is 23.7 Å². The van der Waals surface area contributed by atoms with Crippen LogP contribution in [-0.2, 0) is 28.5 Å². The standard InChI is InChI=1S/C44H76O12/c1-14-17-34-27(8)35(55-38-21-33(46)42(50)31(12)53-38)22-36(54-34)28(9)41(49)29(10)43(30(11)45)56-44(51)37(52-13)20-24(5)19-26(7)40(48)32(16-3)39(47)25(6)18-23(4)15-2/h14-15,17,19-20,25-36,38-43,45-50H,16,18,21-22H2,1-13H3/b17-14+,23-15+,24-19+,37-20-/t25-,26-,27-,28-,29+,30+,31+,32?,33+,34-,35-,36-,38-,39+,40-,41+,42+,43-/m1/s1. The van der Waals surface area contributed by atoms with Crippen molar-refractivity contribution in [2.24, 2.45) is 35.5 Å². The van der Waals surface area contributed by atoms with Crippen molar-refractivity contribution in [3.8, 4) is 0 Å². The zero-order valence-electron chi connectivity index (χ0n) is 36.2. The molecule has 1 unspecified atom stereocenters. The van der Waals surface area contributed by atoms with Gasteiger partial charge in [-0.15, -0.1) is 0 Å². The SMILES string of the molecule is C/C=C/[C@H]1O[C@@H]([C@@H](C)[C@H](O)[C@H](C)[C@@H](OC(=O)/C(=C/C(C)=C/[C@@H](C)[C@@H](O)C(CC)[C@@H](O)[C@H](C)C/C(C)=C/C)OC)[C@H](C)O)C[C@@H](O[C@@H]2C[C@H](O)[C@@H](O)[C@H](C)O2)[C@@H]1C. The Balaban J connectivity index is 2.20. The topological polar surface area (TPSA) is 185 Å². The van der Waals surface area contributed by atoms with Crippen LogP contribution < -0.4 is 0 Å². The number of aliphatic hydroxyl groups is 6. The van der Waals surface area contributed by atoms with E-state index < -0.39 is 79.0 Å². The lowest BCUT2D eigenvalue weighted by atomic mass is 9.79. The summed E-state index contributed by atoms with van der Waals surface area (Å²) in [6.07, 6.45) is 1.78. The first-order valence-electron chi connectivity index (χ1n) is 20.7. The quantitative estimate of drug-likeness (QED) is 0.0305. The van der Waals surface area contributed by atoms with Crippen molar-refractivity contribution in [2.45, 2.75) is 182 Å². The molecule has 0 radical (unpaired) electrons. The minimum Gasteiger partial charge on any atom is -0.490 e. The van der Waals surface area contributed by atoms with Crippen molar-refractivity contribution >= 4 is 5.97 Å². The maximum atomic E-state index is 13.5. The first-order chi connectivity index (χ1) is 26.2. The molecular weight excluding hydrogens is 720 g/mol. The number of methoxy groups -OCH3 is 1. The van der Waals surface area contributed by atoms with Crippen LogP contribution in [0, 0.1) is 35.5 Å². The van der Waals surface area contributed by atoms with Gasteiger partial charge in [0, 0.05) is 42.4 Å². The lowest BCUT2D eigenvalue weighted by Gasteiger charge is -2.45. The Morgan fingerprint density at radius 1 is 0.929 bits per heavy atom. The van der Waals surface area contributed by atoms with E-state index in [1.807, 2.05) is 79.7 Å². The van der Waals surface area contributed by atoms with Crippen LogP contribution in [0.2, 0.25) is 0 Å². The number of allylic oxidation sites excluding steroid dienone is 5. The molecule has 2 aliphatic rings. The van der Waals surface area contributed by atoms with Crippen LogP contribution in [0.1, 0.15) is 109 Å². The van der Waals surface area contributed by atoms with Crippen LogP contribution in [0.3, 0.4) is 0 Å². The molecule has 0 spiro atoms. The highest BCUT2D eigenvalue weighted by atomic mass is 16.7. The summed E-state index contributed by atoms with van der Waals surface area (Å²) >= 11 is 0. The van der Waals surface area contributed by atoms with Gasteiger partial charge in [-0.25, -0.2) is 4.79 Å². The highest BCUT2D eigenvalue weighted by molar-refractivity contribution is 5.87. The monoisotopic (exact) mass is 797 g/mol. The molecule has 18 atom stereocenters. The third-order valence-electron chi connectivity index (χ3n) is 12.1. The van der Waals surface area contributed by atoms with E-state index in [0.717, 1.165) is 6.42 Å². The third kappa shape index (κ3) is 13.7. The number of aliphatic hydroxyl groups excluding tert-OH is 6.